The molecule has 0 aliphatic carbocycles. The smallest absolute Gasteiger partial charge is 0.123 e. The lowest BCUT2D eigenvalue weighted by Gasteiger charge is -2.17. The van der Waals surface area contributed by atoms with Gasteiger partial charge in [-0.2, -0.15) is 0 Å². The van der Waals surface area contributed by atoms with Crippen molar-refractivity contribution in [1.82, 2.24) is 0 Å². The molecule has 0 saturated heterocycles. The van der Waals surface area contributed by atoms with Gasteiger partial charge in [-0.1, -0.05) is 30.3 Å². The van der Waals surface area contributed by atoms with Crippen molar-refractivity contribution in [2.45, 2.75) is 19.9 Å². The van der Waals surface area contributed by atoms with Gasteiger partial charge in [0.2, 0.25) is 0 Å². The van der Waals surface area contributed by atoms with Gasteiger partial charge in [-0.15, -0.1) is 0 Å². The monoisotopic (exact) mass is 229 g/mol. The van der Waals surface area contributed by atoms with E-state index in [4.69, 9.17) is 0 Å². The number of benzene rings is 2. The molecule has 0 aromatic heterocycles. The van der Waals surface area contributed by atoms with Crippen molar-refractivity contribution in [1.29, 1.82) is 0 Å². The summed E-state index contributed by atoms with van der Waals surface area (Å²) in [6.45, 7) is 4.14. The number of nitrogens with one attached hydrogen (secondary N) is 1. The van der Waals surface area contributed by atoms with Crippen molar-refractivity contribution >= 4 is 5.69 Å². The maximum Gasteiger partial charge on any atom is 0.123 e. The minimum Gasteiger partial charge on any atom is -0.378 e. The van der Waals surface area contributed by atoms with Gasteiger partial charge in [-0.25, -0.2) is 4.39 Å². The molecule has 2 rings (SSSR count). The summed E-state index contributed by atoms with van der Waals surface area (Å²) >= 11 is 0. The third kappa shape index (κ3) is 2.84. The van der Waals surface area contributed by atoms with Gasteiger partial charge >= 0.3 is 0 Å². The third-order valence-electron chi connectivity index (χ3n) is 2.89. The maximum absolute atomic E-state index is 12.8. The van der Waals surface area contributed by atoms with Crippen molar-refractivity contribution in [3.63, 3.8) is 0 Å². The highest BCUT2D eigenvalue weighted by Crippen LogP contribution is 2.21. The van der Waals surface area contributed by atoms with E-state index < -0.39 is 0 Å². The molecule has 2 aromatic carbocycles. The second kappa shape index (κ2) is 5.00. The van der Waals surface area contributed by atoms with Gasteiger partial charge in [0.15, 0.2) is 0 Å². The number of para-hydroxylation sites is 1. The number of hydrogen-bond acceptors (Lipinski definition) is 1. The molecule has 0 spiro atoms. The van der Waals surface area contributed by atoms with Crippen LogP contribution in [0.2, 0.25) is 0 Å². The van der Waals surface area contributed by atoms with Crippen LogP contribution in [-0.2, 0) is 0 Å². The molecule has 2 aromatic rings. The Morgan fingerprint density at radius 3 is 2.29 bits per heavy atom. The zero-order valence-electron chi connectivity index (χ0n) is 10.1. The van der Waals surface area contributed by atoms with Gasteiger partial charge in [-0.05, 0) is 43.2 Å². The molecular formula is C15H16FN. The Bertz CT molecular complexity index is 491. The summed E-state index contributed by atoms with van der Waals surface area (Å²) in [7, 11) is 0. The van der Waals surface area contributed by atoms with E-state index in [0.717, 1.165) is 11.3 Å². The van der Waals surface area contributed by atoms with Crippen LogP contribution >= 0.6 is 0 Å². The molecule has 0 aliphatic rings. The fourth-order valence-corrected chi connectivity index (χ4v) is 1.80. The van der Waals surface area contributed by atoms with Crippen LogP contribution < -0.4 is 5.32 Å². The van der Waals surface area contributed by atoms with Crippen molar-refractivity contribution in [3.05, 3.63) is 65.5 Å². The number of halogens is 1. The van der Waals surface area contributed by atoms with Gasteiger partial charge < -0.3 is 5.32 Å². The lowest BCUT2D eigenvalue weighted by Crippen LogP contribution is -2.07. The first kappa shape index (κ1) is 11.6. The number of aryl methyl sites for hydroxylation is 1. The summed E-state index contributed by atoms with van der Waals surface area (Å²) in [4.78, 5) is 0. The molecule has 0 radical (unpaired) electrons. The van der Waals surface area contributed by atoms with E-state index in [0.29, 0.717) is 0 Å². The van der Waals surface area contributed by atoms with Crippen LogP contribution in [0.15, 0.2) is 48.5 Å². The SMILES string of the molecule is Cc1ccccc1NC(C)c1ccc(F)cc1. The molecule has 0 saturated carbocycles. The van der Waals surface area contributed by atoms with E-state index in [1.54, 1.807) is 0 Å². The van der Waals surface area contributed by atoms with Gasteiger partial charge in [0.05, 0.1) is 0 Å². The summed E-state index contributed by atoms with van der Waals surface area (Å²) in [6, 6.07) is 14.9. The van der Waals surface area contributed by atoms with Gasteiger partial charge in [0.1, 0.15) is 5.82 Å². The zero-order chi connectivity index (χ0) is 12.3. The standard InChI is InChI=1S/C15H16FN/c1-11-5-3-4-6-15(11)17-12(2)13-7-9-14(16)10-8-13/h3-10,12,17H,1-2H3. The molecule has 17 heavy (non-hydrogen) atoms. The summed E-state index contributed by atoms with van der Waals surface area (Å²) < 4.78 is 12.8. The van der Waals surface area contributed by atoms with E-state index in [1.807, 2.05) is 24.3 Å². The highest BCUT2D eigenvalue weighted by molar-refractivity contribution is 5.51. The largest absolute Gasteiger partial charge is 0.378 e. The normalized spacial score (nSPS) is 12.2. The first-order valence-electron chi connectivity index (χ1n) is 5.74. The van der Waals surface area contributed by atoms with Crippen molar-refractivity contribution in [2.75, 3.05) is 5.32 Å². The quantitative estimate of drug-likeness (QED) is 0.827. The van der Waals surface area contributed by atoms with E-state index in [1.165, 1.54) is 17.7 Å². The molecule has 1 nitrogen and oxygen atoms in total. The highest BCUT2D eigenvalue weighted by Gasteiger charge is 2.06. The molecular weight excluding hydrogens is 213 g/mol. The highest BCUT2D eigenvalue weighted by atomic mass is 19.1. The Hall–Kier alpha value is -1.83. The lowest BCUT2D eigenvalue weighted by molar-refractivity contribution is 0.626. The molecule has 0 aliphatic heterocycles. The molecule has 1 atom stereocenters. The lowest BCUT2D eigenvalue weighted by atomic mass is 10.1. The molecule has 0 fully saturated rings. The number of rotatable bonds is 3. The third-order valence-corrected chi connectivity index (χ3v) is 2.89. The van der Waals surface area contributed by atoms with Crippen LogP contribution in [0, 0.1) is 12.7 Å². The van der Waals surface area contributed by atoms with Gasteiger partial charge in [0.25, 0.3) is 0 Å². The second-order valence-electron chi connectivity index (χ2n) is 4.23. The Balaban J connectivity index is 2.14. The number of hydrogen-bond donors (Lipinski definition) is 1. The van der Waals surface area contributed by atoms with Gasteiger partial charge in [-0.3, -0.25) is 0 Å². The van der Waals surface area contributed by atoms with Crippen LogP contribution in [-0.4, -0.2) is 0 Å². The second-order valence-corrected chi connectivity index (χ2v) is 4.23. The summed E-state index contributed by atoms with van der Waals surface area (Å²) in [6.07, 6.45) is 0. The average Bonchev–Trinajstić information content (AvgIpc) is 2.33. The van der Waals surface area contributed by atoms with Crippen molar-refractivity contribution in [3.8, 4) is 0 Å². The Kier molecular flexibility index (Phi) is 3.43. The van der Waals surface area contributed by atoms with Crippen LogP contribution in [0.5, 0.6) is 0 Å². The van der Waals surface area contributed by atoms with E-state index in [2.05, 4.69) is 31.3 Å². The predicted molar refractivity (Wildman–Crippen MR) is 69.6 cm³/mol. The average molecular weight is 229 g/mol. The molecule has 88 valence electrons. The fourth-order valence-electron chi connectivity index (χ4n) is 1.80. The predicted octanol–water partition coefficient (Wildman–Crippen LogP) is 4.31. The molecule has 1 N–H and O–H groups in total. The van der Waals surface area contributed by atoms with E-state index >= 15 is 0 Å². The minimum absolute atomic E-state index is 0.164. The summed E-state index contributed by atoms with van der Waals surface area (Å²) in [5.41, 5.74) is 3.40. The molecule has 0 heterocycles. The van der Waals surface area contributed by atoms with Crippen LogP contribution in [0.3, 0.4) is 0 Å². The summed E-state index contributed by atoms with van der Waals surface area (Å²) in [5, 5.41) is 3.42. The molecule has 0 amide bonds. The summed E-state index contributed by atoms with van der Waals surface area (Å²) in [5.74, 6) is -0.197. The molecule has 0 bridgehead atoms. The Morgan fingerprint density at radius 2 is 1.65 bits per heavy atom. The molecule has 1 unspecified atom stereocenters. The molecule has 2 heteroatoms. The first-order valence-corrected chi connectivity index (χ1v) is 5.74. The van der Waals surface area contributed by atoms with Crippen LogP contribution in [0.25, 0.3) is 0 Å². The van der Waals surface area contributed by atoms with Crippen molar-refractivity contribution in [2.24, 2.45) is 0 Å². The minimum atomic E-state index is -0.197. The fraction of sp³-hybridized carbons (Fsp3) is 0.200. The Morgan fingerprint density at radius 1 is 1.00 bits per heavy atom. The first-order chi connectivity index (χ1) is 8.16. The van der Waals surface area contributed by atoms with Crippen LogP contribution in [0.4, 0.5) is 10.1 Å². The number of anilines is 1. The Labute approximate surface area is 101 Å². The topological polar surface area (TPSA) is 12.0 Å². The zero-order valence-corrected chi connectivity index (χ0v) is 10.1. The van der Waals surface area contributed by atoms with Crippen LogP contribution in [0.1, 0.15) is 24.1 Å². The van der Waals surface area contributed by atoms with Crippen molar-refractivity contribution < 1.29 is 4.39 Å². The maximum atomic E-state index is 12.8. The van der Waals surface area contributed by atoms with Gasteiger partial charge in [0, 0.05) is 11.7 Å². The van der Waals surface area contributed by atoms with E-state index in [-0.39, 0.29) is 11.9 Å². The van der Waals surface area contributed by atoms with E-state index in [9.17, 15) is 4.39 Å².